The highest BCUT2D eigenvalue weighted by Gasteiger charge is 2.26. The Balaban J connectivity index is 1.45. The second-order valence-corrected chi connectivity index (χ2v) is 7.35. The molecule has 0 saturated carbocycles. The van der Waals surface area contributed by atoms with Gasteiger partial charge < -0.3 is 9.64 Å². The van der Waals surface area contributed by atoms with E-state index in [0.29, 0.717) is 13.0 Å². The van der Waals surface area contributed by atoms with Crippen molar-refractivity contribution < 1.29 is 9.53 Å². The minimum atomic E-state index is 0.148. The summed E-state index contributed by atoms with van der Waals surface area (Å²) in [5, 5.41) is 0. The van der Waals surface area contributed by atoms with Crippen LogP contribution in [0, 0.1) is 6.92 Å². The molecule has 150 valence electrons. The molecule has 1 fully saturated rings. The predicted octanol–water partition coefficient (Wildman–Crippen LogP) is 2.93. The number of piperidine rings is 1. The first-order valence-corrected chi connectivity index (χ1v) is 9.87. The van der Waals surface area contributed by atoms with Gasteiger partial charge in [-0.2, -0.15) is 0 Å². The predicted molar refractivity (Wildman–Crippen MR) is 109 cm³/mol. The SMILES string of the molecule is COc1ccc(CC(=O)N2CCC[C@H](c3cncc(-n4ccnc4C)n3)C2)cc1. The minimum absolute atomic E-state index is 0.148. The number of carbonyl (C=O) groups excluding carboxylic acids is 1. The summed E-state index contributed by atoms with van der Waals surface area (Å²) in [6.45, 7) is 3.41. The van der Waals surface area contributed by atoms with E-state index in [1.165, 1.54) is 0 Å². The van der Waals surface area contributed by atoms with Gasteiger partial charge in [0.25, 0.3) is 0 Å². The number of aryl methyl sites for hydroxylation is 1. The molecule has 1 aromatic carbocycles. The number of aromatic nitrogens is 4. The molecule has 1 amide bonds. The number of imidazole rings is 1. The third-order valence-electron chi connectivity index (χ3n) is 5.42. The number of hydrogen-bond donors (Lipinski definition) is 0. The average molecular weight is 391 g/mol. The van der Waals surface area contributed by atoms with Crippen LogP contribution in [0.5, 0.6) is 5.75 Å². The van der Waals surface area contributed by atoms with Crippen LogP contribution in [-0.2, 0) is 11.2 Å². The van der Waals surface area contributed by atoms with Gasteiger partial charge in [0, 0.05) is 37.6 Å². The lowest BCUT2D eigenvalue weighted by atomic mass is 9.94. The van der Waals surface area contributed by atoms with Gasteiger partial charge in [-0.1, -0.05) is 12.1 Å². The van der Waals surface area contributed by atoms with Gasteiger partial charge in [-0.15, -0.1) is 0 Å². The van der Waals surface area contributed by atoms with E-state index in [2.05, 4.69) is 9.97 Å². The van der Waals surface area contributed by atoms with Crippen LogP contribution >= 0.6 is 0 Å². The summed E-state index contributed by atoms with van der Waals surface area (Å²) in [4.78, 5) is 28.2. The van der Waals surface area contributed by atoms with Crippen molar-refractivity contribution in [1.82, 2.24) is 24.4 Å². The molecular weight excluding hydrogens is 366 g/mol. The fraction of sp³-hybridized carbons (Fsp3) is 0.364. The van der Waals surface area contributed by atoms with Crippen LogP contribution in [0.25, 0.3) is 5.82 Å². The Bertz CT molecular complexity index is 983. The number of nitrogens with zero attached hydrogens (tertiary/aromatic N) is 5. The van der Waals surface area contributed by atoms with Crippen molar-refractivity contribution in [1.29, 1.82) is 0 Å². The van der Waals surface area contributed by atoms with E-state index in [0.717, 1.165) is 48.0 Å². The number of benzene rings is 1. The maximum absolute atomic E-state index is 12.8. The van der Waals surface area contributed by atoms with E-state index >= 15 is 0 Å². The van der Waals surface area contributed by atoms with Gasteiger partial charge in [0.2, 0.25) is 5.91 Å². The molecular formula is C22H25N5O2. The molecule has 0 bridgehead atoms. The zero-order valence-electron chi connectivity index (χ0n) is 16.8. The minimum Gasteiger partial charge on any atom is -0.497 e. The number of ether oxygens (including phenoxy) is 1. The van der Waals surface area contributed by atoms with Gasteiger partial charge in [0.1, 0.15) is 11.6 Å². The van der Waals surface area contributed by atoms with Crippen LogP contribution in [-0.4, -0.2) is 50.5 Å². The van der Waals surface area contributed by atoms with Crippen molar-refractivity contribution >= 4 is 5.91 Å². The quantitative estimate of drug-likeness (QED) is 0.669. The van der Waals surface area contributed by atoms with Crippen LogP contribution in [0.4, 0.5) is 0 Å². The second kappa shape index (κ2) is 8.43. The summed E-state index contributed by atoms with van der Waals surface area (Å²) in [6, 6.07) is 7.67. The summed E-state index contributed by atoms with van der Waals surface area (Å²) in [5.74, 6) is 2.77. The summed E-state index contributed by atoms with van der Waals surface area (Å²) in [5.41, 5.74) is 1.92. The van der Waals surface area contributed by atoms with Crippen molar-refractivity contribution in [2.45, 2.75) is 32.1 Å². The lowest BCUT2D eigenvalue weighted by molar-refractivity contribution is -0.131. The van der Waals surface area contributed by atoms with Crippen LogP contribution in [0.2, 0.25) is 0 Å². The second-order valence-electron chi connectivity index (χ2n) is 7.35. The molecule has 3 heterocycles. The van der Waals surface area contributed by atoms with E-state index < -0.39 is 0 Å². The molecule has 0 aliphatic carbocycles. The summed E-state index contributed by atoms with van der Waals surface area (Å²) < 4.78 is 7.11. The lowest BCUT2D eigenvalue weighted by Gasteiger charge is -2.32. The van der Waals surface area contributed by atoms with Gasteiger partial charge in [0.15, 0.2) is 5.82 Å². The Kier molecular flexibility index (Phi) is 5.55. The smallest absolute Gasteiger partial charge is 0.227 e. The summed E-state index contributed by atoms with van der Waals surface area (Å²) in [6.07, 6.45) is 9.57. The van der Waals surface area contributed by atoms with Crippen molar-refractivity contribution in [3.8, 4) is 11.6 Å². The molecule has 1 aliphatic heterocycles. The zero-order chi connectivity index (χ0) is 20.2. The highest BCUT2D eigenvalue weighted by atomic mass is 16.5. The van der Waals surface area contributed by atoms with Gasteiger partial charge in [-0.05, 0) is 37.5 Å². The first kappa shape index (κ1) is 19.1. The molecule has 3 aromatic rings. The molecule has 1 aliphatic rings. The van der Waals surface area contributed by atoms with E-state index in [1.54, 1.807) is 19.5 Å². The molecule has 0 radical (unpaired) electrons. The Morgan fingerprint density at radius 3 is 2.79 bits per heavy atom. The molecule has 7 nitrogen and oxygen atoms in total. The fourth-order valence-electron chi connectivity index (χ4n) is 3.78. The summed E-state index contributed by atoms with van der Waals surface area (Å²) in [7, 11) is 1.64. The molecule has 0 N–H and O–H groups in total. The number of likely N-dealkylation sites (tertiary alicyclic amines) is 1. The van der Waals surface area contributed by atoms with Crippen molar-refractivity contribution in [3.63, 3.8) is 0 Å². The standard InChI is InChI=1S/C22H25N5O2/c1-16-24-9-11-27(16)21-14-23-13-20(25-21)18-4-3-10-26(15-18)22(28)12-17-5-7-19(29-2)8-6-17/h5-9,11,13-14,18H,3-4,10,12,15H2,1-2H3/t18-/m0/s1. The number of amides is 1. The Morgan fingerprint density at radius 1 is 1.24 bits per heavy atom. The molecule has 7 heteroatoms. The third kappa shape index (κ3) is 4.29. The van der Waals surface area contributed by atoms with Gasteiger partial charge in [-0.3, -0.25) is 14.3 Å². The van der Waals surface area contributed by atoms with Gasteiger partial charge >= 0.3 is 0 Å². The van der Waals surface area contributed by atoms with Crippen LogP contribution in [0.1, 0.15) is 35.8 Å². The number of rotatable bonds is 5. The first-order valence-electron chi connectivity index (χ1n) is 9.87. The Hall–Kier alpha value is -3.22. The molecule has 0 spiro atoms. The van der Waals surface area contributed by atoms with Crippen molar-refractivity contribution in [3.05, 3.63) is 66.1 Å². The van der Waals surface area contributed by atoms with E-state index in [4.69, 9.17) is 9.72 Å². The normalized spacial score (nSPS) is 16.6. The van der Waals surface area contributed by atoms with Crippen molar-refractivity contribution in [2.75, 3.05) is 20.2 Å². The van der Waals surface area contributed by atoms with Gasteiger partial charge in [-0.25, -0.2) is 9.97 Å². The van der Waals surface area contributed by atoms with Crippen LogP contribution in [0.3, 0.4) is 0 Å². The average Bonchev–Trinajstić information content (AvgIpc) is 3.20. The number of carbonyl (C=O) groups is 1. The fourth-order valence-corrected chi connectivity index (χ4v) is 3.78. The molecule has 1 saturated heterocycles. The summed E-state index contributed by atoms with van der Waals surface area (Å²) >= 11 is 0. The maximum Gasteiger partial charge on any atom is 0.227 e. The Labute approximate surface area is 170 Å². The van der Waals surface area contributed by atoms with Crippen molar-refractivity contribution in [2.24, 2.45) is 0 Å². The number of hydrogen-bond acceptors (Lipinski definition) is 5. The molecule has 0 unspecified atom stereocenters. The molecule has 2 aromatic heterocycles. The lowest BCUT2D eigenvalue weighted by Crippen LogP contribution is -2.40. The number of methoxy groups -OCH3 is 1. The zero-order valence-corrected chi connectivity index (χ0v) is 16.8. The van der Waals surface area contributed by atoms with Crippen LogP contribution < -0.4 is 4.74 Å². The topological polar surface area (TPSA) is 73.1 Å². The van der Waals surface area contributed by atoms with E-state index in [-0.39, 0.29) is 11.8 Å². The highest BCUT2D eigenvalue weighted by Crippen LogP contribution is 2.26. The third-order valence-corrected chi connectivity index (χ3v) is 5.42. The largest absolute Gasteiger partial charge is 0.497 e. The van der Waals surface area contributed by atoms with E-state index in [1.807, 2.05) is 53.0 Å². The maximum atomic E-state index is 12.8. The van der Waals surface area contributed by atoms with E-state index in [9.17, 15) is 4.79 Å². The monoisotopic (exact) mass is 391 g/mol. The van der Waals surface area contributed by atoms with Crippen LogP contribution in [0.15, 0.2) is 49.1 Å². The highest BCUT2D eigenvalue weighted by molar-refractivity contribution is 5.79. The van der Waals surface area contributed by atoms with Gasteiger partial charge in [0.05, 0.1) is 25.4 Å². The first-order chi connectivity index (χ1) is 14.1. The molecule has 1 atom stereocenters. The molecule has 29 heavy (non-hydrogen) atoms. The molecule has 4 rings (SSSR count). The Morgan fingerprint density at radius 2 is 2.07 bits per heavy atom.